The molecule has 1 heterocycles. The van der Waals surface area contributed by atoms with Crippen LogP contribution < -0.4 is 10.1 Å². The van der Waals surface area contributed by atoms with Crippen molar-refractivity contribution in [3.63, 3.8) is 0 Å². The number of rotatable bonds is 6. The van der Waals surface area contributed by atoms with Gasteiger partial charge in [-0.15, -0.1) is 0 Å². The second kappa shape index (κ2) is 7.00. The molecule has 0 radical (unpaired) electrons. The Labute approximate surface area is 151 Å². The topological polar surface area (TPSA) is 75.7 Å². The molecule has 1 N–H and O–H groups in total. The monoisotopic (exact) mass is 352 g/mol. The molecule has 0 aromatic heterocycles. The smallest absolute Gasteiger partial charge is 0.325 e. The van der Waals surface area contributed by atoms with Gasteiger partial charge < -0.3 is 10.1 Å². The number of benzene rings is 2. The average molecular weight is 352 g/mol. The Morgan fingerprint density at radius 2 is 1.85 bits per heavy atom. The van der Waals surface area contributed by atoms with Crippen molar-refractivity contribution < 1.29 is 19.1 Å². The van der Waals surface area contributed by atoms with E-state index in [1.807, 2.05) is 25.1 Å². The minimum atomic E-state index is -1.13. The third-order valence-corrected chi connectivity index (χ3v) is 4.67. The Hall–Kier alpha value is -3.15. The zero-order chi connectivity index (χ0) is 18.7. The van der Waals surface area contributed by atoms with Crippen molar-refractivity contribution in [1.29, 1.82) is 0 Å². The molecule has 0 bridgehead atoms. The van der Waals surface area contributed by atoms with Crippen LogP contribution in [0.3, 0.4) is 0 Å². The van der Waals surface area contributed by atoms with E-state index in [-0.39, 0.29) is 12.3 Å². The number of carbonyl (C=O) groups excluding carboxylic acids is 3. The van der Waals surface area contributed by atoms with Gasteiger partial charge in [-0.1, -0.05) is 49.4 Å². The lowest BCUT2D eigenvalue weighted by molar-refractivity contribution is -0.131. The highest BCUT2D eigenvalue weighted by Gasteiger charge is 2.51. The Morgan fingerprint density at radius 1 is 1.12 bits per heavy atom. The molecule has 3 amide bonds. The molecule has 6 nitrogen and oxygen atoms in total. The van der Waals surface area contributed by atoms with Gasteiger partial charge in [-0.05, 0) is 24.1 Å². The van der Waals surface area contributed by atoms with E-state index < -0.39 is 17.5 Å². The lowest BCUT2D eigenvalue weighted by Crippen LogP contribution is -2.43. The maximum Gasteiger partial charge on any atom is 0.325 e. The van der Waals surface area contributed by atoms with E-state index in [2.05, 4.69) is 5.32 Å². The van der Waals surface area contributed by atoms with E-state index in [1.165, 1.54) is 7.11 Å². The van der Waals surface area contributed by atoms with Gasteiger partial charge in [0.25, 0.3) is 5.91 Å². The third-order valence-electron chi connectivity index (χ3n) is 4.67. The number of methoxy groups -OCH3 is 1. The Morgan fingerprint density at radius 3 is 2.50 bits per heavy atom. The van der Waals surface area contributed by atoms with Gasteiger partial charge in [-0.3, -0.25) is 14.5 Å². The number of carbonyl (C=O) groups is 3. The summed E-state index contributed by atoms with van der Waals surface area (Å²) < 4.78 is 5.11. The number of hydrogen-bond donors (Lipinski definition) is 1. The van der Waals surface area contributed by atoms with Crippen LogP contribution in [0.15, 0.2) is 54.6 Å². The molecule has 2 aromatic carbocycles. The summed E-state index contributed by atoms with van der Waals surface area (Å²) >= 11 is 0. The molecular formula is C20H20N2O4. The summed E-state index contributed by atoms with van der Waals surface area (Å²) in [6, 6.07) is 15.2. The van der Waals surface area contributed by atoms with Crippen LogP contribution in [0.1, 0.15) is 29.3 Å². The van der Waals surface area contributed by atoms with Gasteiger partial charge in [-0.25, -0.2) is 4.79 Å². The van der Waals surface area contributed by atoms with Crippen molar-refractivity contribution in [1.82, 2.24) is 10.2 Å². The first-order valence-electron chi connectivity index (χ1n) is 8.38. The fraction of sp³-hybridized carbons (Fsp3) is 0.250. The minimum absolute atomic E-state index is 0.313. The summed E-state index contributed by atoms with van der Waals surface area (Å²) in [6.45, 7) is 1.52. The first-order valence-corrected chi connectivity index (χ1v) is 8.38. The first-order chi connectivity index (χ1) is 12.5. The SMILES string of the molecule is CCC1(c2ccccc2)NC(=O)N(CC(=O)c2cccc(OC)c2)C1=O. The van der Waals surface area contributed by atoms with E-state index in [0.717, 1.165) is 4.90 Å². The van der Waals surface area contributed by atoms with Crippen LogP contribution in [0.25, 0.3) is 0 Å². The number of imide groups is 1. The molecular weight excluding hydrogens is 332 g/mol. The minimum Gasteiger partial charge on any atom is -0.497 e. The summed E-state index contributed by atoms with van der Waals surface area (Å²) in [5, 5.41) is 2.77. The van der Waals surface area contributed by atoms with Crippen molar-refractivity contribution >= 4 is 17.7 Å². The highest BCUT2D eigenvalue weighted by molar-refractivity contribution is 6.11. The third kappa shape index (κ3) is 2.94. The summed E-state index contributed by atoms with van der Waals surface area (Å²) in [7, 11) is 1.51. The van der Waals surface area contributed by atoms with Crippen LogP contribution in [0, 0.1) is 0 Å². The van der Waals surface area contributed by atoms with E-state index in [0.29, 0.717) is 23.3 Å². The van der Waals surface area contributed by atoms with Gasteiger partial charge in [0.05, 0.1) is 13.7 Å². The van der Waals surface area contributed by atoms with Gasteiger partial charge in [-0.2, -0.15) is 0 Å². The van der Waals surface area contributed by atoms with Gasteiger partial charge >= 0.3 is 6.03 Å². The van der Waals surface area contributed by atoms with Crippen molar-refractivity contribution in [3.05, 3.63) is 65.7 Å². The van der Waals surface area contributed by atoms with Gasteiger partial charge in [0.15, 0.2) is 5.78 Å². The summed E-state index contributed by atoms with van der Waals surface area (Å²) in [4.78, 5) is 39.0. The van der Waals surface area contributed by atoms with Crippen LogP contribution in [-0.2, 0) is 10.3 Å². The number of urea groups is 1. The maximum atomic E-state index is 13.0. The van der Waals surface area contributed by atoms with Crippen LogP contribution in [0.4, 0.5) is 4.79 Å². The lowest BCUT2D eigenvalue weighted by atomic mass is 9.87. The normalized spacial score (nSPS) is 19.4. The van der Waals surface area contributed by atoms with E-state index in [9.17, 15) is 14.4 Å². The van der Waals surface area contributed by atoms with Gasteiger partial charge in [0, 0.05) is 5.56 Å². The quantitative estimate of drug-likeness (QED) is 0.641. The molecule has 1 fully saturated rings. The number of amides is 3. The zero-order valence-corrected chi connectivity index (χ0v) is 14.7. The molecule has 134 valence electrons. The molecule has 1 saturated heterocycles. The Kier molecular flexibility index (Phi) is 4.75. The van der Waals surface area contributed by atoms with Crippen LogP contribution >= 0.6 is 0 Å². The first kappa shape index (κ1) is 17.7. The molecule has 2 aromatic rings. The van der Waals surface area contributed by atoms with Crippen LogP contribution in [0.5, 0.6) is 5.75 Å². The molecule has 6 heteroatoms. The average Bonchev–Trinajstić information content (AvgIpc) is 2.93. The molecule has 0 spiro atoms. The Balaban J connectivity index is 1.86. The fourth-order valence-corrected chi connectivity index (χ4v) is 3.16. The van der Waals surface area contributed by atoms with Crippen LogP contribution in [-0.4, -0.2) is 36.3 Å². The van der Waals surface area contributed by atoms with Crippen molar-refractivity contribution in [2.75, 3.05) is 13.7 Å². The number of hydrogen-bond acceptors (Lipinski definition) is 4. The molecule has 1 unspecified atom stereocenters. The molecule has 26 heavy (non-hydrogen) atoms. The van der Waals surface area contributed by atoms with Crippen LogP contribution in [0.2, 0.25) is 0 Å². The highest BCUT2D eigenvalue weighted by atomic mass is 16.5. The largest absolute Gasteiger partial charge is 0.497 e. The summed E-state index contributed by atoms with van der Waals surface area (Å²) in [6.07, 6.45) is 0.394. The van der Waals surface area contributed by atoms with Crippen molar-refractivity contribution in [3.8, 4) is 5.75 Å². The van der Waals surface area contributed by atoms with Gasteiger partial charge in [0.2, 0.25) is 0 Å². The number of Topliss-reactive ketones (excluding diaryl/α,β-unsaturated/α-hetero) is 1. The van der Waals surface area contributed by atoms with E-state index >= 15 is 0 Å². The van der Waals surface area contributed by atoms with E-state index in [4.69, 9.17) is 4.74 Å². The zero-order valence-electron chi connectivity index (χ0n) is 14.7. The summed E-state index contributed by atoms with van der Waals surface area (Å²) in [5.41, 5.74) is -0.0386. The van der Waals surface area contributed by atoms with Crippen molar-refractivity contribution in [2.24, 2.45) is 0 Å². The van der Waals surface area contributed by atoms with Crippen molar-refractivity contribution in [2.45, 2.75) is 18.9 Å². The highest BCUT2D eigenvalue weighted by Crippen LogP contribution is 2.32. The lowest BCUT2D eigenvalue weighted by Gasteiger charge is -2.25. The molecule has 1 atom stereocenters. The number of ether oxygens (including phenoxy) is 1. The molecule has 1 aliphatic rings. The second-order valence-corrected chi connectivity index (χ2v) is 6.10. The summed E-state index contributed by atoms with van der Waals surface area (Å²) in [5.74, 6) is -0.194. The molecule has 0 aliphatic carbocycles. The standard InChI is InChI=1S/C20H20N2O4/c1-3-20(15-9-5-4-6-10-15)18(24)22(19(25)21-20)13-17(23)14-8-7-11-16(12-14)26-2/h4-12H,3,13H2,1-2H3,(H,21,25). The number of nitrogens with zero attached hydrogens (tertiary/aromatic N) is 1. The Bertz CT molecular complexity index is 850. The maximum absolute atomic E-state index is 13.0. The van der Waals surface area contributed by atoms with E-state index in [1.54, 1.807) is 36.4 Å². The predicted octanol–water partition coefficient (Wildman–Crippen LogP) is 2.74. The number of nitrogens with one attached hydrogen (secondary N) is 1. The van der Waals surface area contributed by atoms with Gasteiger partial charge in [0.1, 0.15) is 11.3 Å². The second-order valence-electron chi connectivity index (χ2n) is 6.10. The fourth-order valence-electron chi connectivity index (χ4n) is 3.16. The molecule has 1 aliphatic heterocycles. The molecule has 3 rings (SSSR count). The molecule has 0 saturated carbocycles. The predicted molar refractivity (Wildman–Crippen MR) is 96.0 cm³/mol. The number of ketones is 1.